The molecule has 0 atom stereocenters. The van der Waals surface area contributed by atoms with Crippen molar-refractivity contribution in [3.8, 4) is 0 Å². The van der Waals surface area contributed by atoms with Crippen molar-refractivity contribution in [1.29, 1.82) is 0 Å². The highest BCUT2D eigenvalue weighted by atomic mass is 79.9. The topological polar surface area (TPSA) is 22.0 Å². The fourth-order valence-electron chi connectivity index (χ4n) is 3.15. The number of carbonyl (C=O) groups excluding carboxylic acids is 1. The largest absolute Gasteiger partial charge is 0.339 e. The van der Waals surface area contributed by atoms with Gasteiger partial charge in [-0.1, -0.05) is 15.9 Å². The molecule has 0 spiro atoms. The van der Waals surface area contributed by atoms with Crippen LogP contribution in [0.2, 0.25) is 0 Å². The highest BCUT2D eigenvalue weighted by Crippen LogP contribution is 2.36. The Morgan fingerprint density at radius 2 is 2.00 bits per heavy atom. The lowest BCUT2D eigenvalue weighted by molar-refractivity contribution is 0.0974. The van der Waals surface area contributed by atoms with Crippen LogP contribution in [0.4, 0.5) is 0 Å². The third-order valence-corrected chi connectivity index (χ3v) is 4.42. The Hall–Kier alpha value is -1.61. The van der Waals surface area contributed by atoms with Crippen LogP contribution in [0.5, 0.6) is 0 Å². The van der Waals surface area contributed by atoms with Crippen molar-refractivity contribution in [1.82, 2.24) is 4.57 Å². The second-order valence-corrected chi connectivity index (χ2v) is 6.11. The summed E-state index contributed by atoms with van der Waals surface area (Å²) in [5, 5.41) is 2.42. The molecule has 0 bridgehead atoms. The summed E-state index contributed by atoms with van der Waals surface area (Å²) in [6, 6.07) is 10.5. The fraction of sp³-hybridized carbons (Fsp3) is 0.188. The van der Waals surface area contributed by atoms with Crippen LogP contribution in [-0.4, -0.2) is 10.4 Å². The number of rotatable bonds is 0. The van der Waals surface area contributed by atoms with Gasteiger partial charge >= 0.3 is 0 Å². The average Bonchev–Trinajstić information content (AvgIpc) is 2.68. The van der Waals surface area contributed by atoms with Crippen LogP contribution >= 0.6 is 15.9 Å². The van der Waals surface area contributed by atoms with Gasteiger partial charge in [-0.2, -0.15) is 0 Å². The summed E-state index contributed by atoms with van der Waals surface area (Å²) < 4.78 is 3.36. The van der Waals surface area contributed by atoms with E-state index in [0.29, 0.717) is 6.42 Å². The molecule has 4 rings (SSSR count). The van der Waals surface area contributed by atoms with Crippen LogP contribution in [0.1, 0.15) is 22.3 Å². The summed E-state index contributed by atoms with van der Waals surface area (Å²) in [6.45, 7) is 2.84. The highest BCUT2D eigenvalue weighted by Gasteiger charge is 2.22. The lowest BCUT2D eigenvalue weighted by atomic mass is 9.99. The summed E-state index contributed by atoms with van der Waals surface area (Å²) in [5.41, 5.74) is 4.36. The minimum Gasteiger partial charge on any atom is -0.339 e. The number of hydrogen-bond acceptors (Lipinski definition) is 1. The van der Waals surface area contributed by atoms with Gasteiger partial charge in [-0.25, -0.2) is 0 Å². The molecular weight excluding hydrogens is 302 g/mol. The Bertz CT molecular complexity index is 860. The predicted octanol–water partition coefficient (Wildman–Crippen LogP) is 4.45. The first-order chi connectivity index (χ1) is 9.15. The first-order valence-corrected chi connectivity index (χ1v) is 7.20. The molecule has 0 saturated heterocycles. The second kappa shape index (κ2) is 3.70. The molecule has 94 valence electrons. The van der Waals surface area contributed by atoms with E-state index in [2.05, 4.69) is 51.7 Å². The van der Waals surface area contributed by atoms with Gasteiger partial charge in [0.15, 0.2) is 5.78 Å². The molecule has 0 unspecified atom stereocenters. The number of halogens is 1. The van der Waals surface area contributed by atoms with Crippen molar-refractivity contribution in [2.45, 2.75) is 19.9 Å². The van der Waals surface area contributed by atoms with E-state index >= 15 is 0 Å². The average molecular weight is 314 g/mol. The van der Waals surface area contributed by atoms with Crippen LogP contribution in [0.15, 0.2) is 34.8 Å². The minimum absolute atomic E-state index is 0.267. The van der Waals surface area contributed by atoms with Crippen molar-refractivity contribution in [3.63, 3.8) is 0 Å². The summed E-state index contributed by atoms with van der Waals surface area (Å²) in [6.07, 6.45) is 0.603. The first kappa shape index (κ1) is 11.2. The van der Waals surface area contributed by atoms with E-state index < -0.39 is 0 Å². The molecule has 2 aromatic carbocycles. The van der Waals surface area contributed by atoms with Crippen LogP contribution in [0.3, 0.4) is 0 Å². The quantitative estimate of drug-likeness (QED) is 0.601. The molecule has 0 fully saturated rings. The van der Waals surface area contributed by atoms with Crippen molar-refractivity contribution >= 4 is 43.5 Å². The van der Waals surface area contributed by atoms with Gasteiger partial charge in [0.2, 0.25) is 0 Å². The third kappa shape index (κ3) is 1.45. The number of hydrogen-bond donors (Lipinski definition) is 0. The van der Waals surface area contributed by atoms with Gasteiger partial charge in [-0.15, -0.1) is 0 Å². The van der Waals surface area contributed by atoms with E-state index in [4.69, 9.17) is 0 Å². The summed E-state index contributed by atoms with van der Waals surface area (Å²) in [7, 11) is 0. The maximum Gasteiger partial charge on any atom is 0.166 e. The number of nitrogens with zero attached hydrogens (tertiary/aromatic N) is 1. The minimum atomic E-state index is 0.267. The number of Topliss-reactive ketones (excluding diaryl/α,β-unsaturated/α-hetero) is 1. The van der Waals surface area contributed by atoms with Gasteiger partial charge in [0.05, 0.1) is 5.52 Å². The Balaban J connectivity index is 2.32. The zero-order chi connectivity index (χ0) is 13.1. The highest BCUT2D eigenvalue weighted by molar-refractivity contribution is 9.10. The number of benzene rings is 2. The molecule has 2 nitrogen and oxygen atoms in total. The van der Waals surface area contributed by atoms with Crippen molar-refractivity contribution in [2.24, 2.45) is 0 Å². The van der Waals surface area contributed by atoms with Gasteiger partial charge in [0.25, 0.3) is 0 Å². The first-order valence-electron chi connectivity index (χ1n) is 6.40. The van der Waals surface area contributed by atoms with Crippen molar-refractivity contribution in [2.75, 3.05) is 0 Å². The molecule has 19 heavy (non-hydrogen) atoms. The predicted molar refractivity (Wildman–Crippen MR) is 80.8 cm³/mol. The summed E-state index contributed by atoms with van der Waals surface area (Å²) in [5.74, 6) is 0.267. The van der Waals surface area contributed by atoms with E-state index in [1.165, 1.54) is 16.3 Å². The molecule has 0 N–H and O–H groups in total. The Morgan fingerprint density at radius 3 is 2.84 bits per heavy atom. The molecular formula is C16H12BrNO. The van der Waals surface area contributed by atoms with Crippen LogP contribution in [0.25, 0.3) is 21.8 Å². The molecule has 0 amide bonds. The molecule has 0 saturated carbocycles. The number of aryl methyl sites for hydroxylation is 2. The molecule has 1 aliphatic heterocycles. The van der Waals surface area contributed by atoms with Gasteiger partial charge in [-0.05, 0) is 42.8 Å². The summed E-state index contributed by atoms with van der Waals surface area (Å²) in [4.78, 5) is 12.1. The number of carbonyl (C=O) groups is 1. The maximum atomic E-state index is 12.1. The SMILES string of the molecule is Cc1cc2c3c(c1)c1cc(Br)ccc1n3CCC2=O. The van der Waals surface area contributed by atoms with Crippen molar-refractivity contribution in [3.05, 3.63) is 45.9 Å². The van der Waals surface area contributed by atoms with Crippen molar-refractivity contribution < 1.29 is 4.79 Å². The fourth-order valence-corrected chi connectivity index (χ4v) is 3.51. The number of fused-ring (bicyclic) bond motifs is 3. The zero-order valence-electron chi connectivity index (χ0n) is 10.5. The van der Waals surface area contributed by atoms with E-state index in [-0.39, 0.29) is 5.78 Å². The monoisotopic (exact) mass is 313 g/mol. The Kier molecular flexibility index (Phi) is 2.19. The smallest absolute Gasteiger partial charge is 0.166 e. The van der Waals surface area contributed by atoms with E-state index in [0.717, 1.165) is 27.7 Å². The van der Waals surface area contributed by atoms with Gasteiger partial charge in [-0.3, -0.25) is 4.79 Å². The third-order valence-electron chi connectivity index (χ3n) is 3.93. The van der Waals surface area contributed by atoms with E-state index in [9.17, 15) is 4.79 Å². The Morgan fingerprint density at radius 1 is 1.16 bits per heavy atom. The van der Waals surface area contributed by atoms with Gasteiger partial charge < -0.3 is 4.57 Å². The van der Waals surface area contributed by atoms with Gasteiger partial charge in [0, 0.05) is 39.3 Å². The van der Waals surface area contributed by atoms with E-state index in [1.54, 1.807) is 0 Å². The lowest BCUT2D eigenvalue weighted by Crippen LogP contribution is -2.14. The molecule has 0 aliphatic carbocycles. The van der Waals surface area contributed by atoms with E-state index in [1.807, 2.05) is 6.07 Å². The standard InChI is InChI=1S/C16H12BrNO/c1-9-6-12-11-8-10(17)2-3-14(11)18-5-4-15(19)13(7-9)16(12)18/h2-3,6-8H,4-5H2,1H3. The normalized spacial score (nSPS) is 14.5. The van der Waals surface area contributed by atoms with Crippen LogP contribution < -0.4 is 0 Å². The zero-order valence-corrected chi connectivity index (χ0v) is 12.1. The molecule has 3 heteroatoms. The molecule has 0 radical (unpaired) electrons. The lowest BCUT2D eigenvalue weighted by Gasteiger charge is -2.15. The Labute approximate surface area is 119 Å². The molecule has 1 aliphatic rings. The van der Waals surface area contributed by atoms with Crippen LogP contribution in [0, 0.1) is 6.92 Å². The molecule has 2 heterocycles. The number of ketones is 1. The maximum absolute atomic E-state index is 12.1. The second-order valence-electron chi connectivity index (χ2n) is 5.19. The molecule has 1 aromatic heterocycles. The summed E-state index contributed by atoms with van der Waals surface area (Å²) >= 11 is 3.54. The van der Waals surface area contributed by atoms with Crippen LogP contribution in [-0.2, 0) is 6.54 Å². The van der Waals surface area contributed by atoms with Gasteiger partial charge in [0.1, 0.15) is 0 Å². The number of aromatic nitrogens is 1. The molecule has 3 aromatic rings.